The van der Waals surface area contributed by atoms with Crippen molar-refractivity contribution in [2.45, 2.75) is 25.3 Å². The number of aryl methyl sites for hydroxylation is 1. The number of benzene rings is 4. The zero-order valence-electron chi connectivity index (χ0n) is 23.4. The summed E-state index contributed by atoms with van der Waals surface area (Å²) in [7, 11) is 3.20. The lowest BCUT2D eigenvalue weighted by molar-refractivity contribution is 0.0898. The fourth-order valence-electron chi connectivity index (χ4n) is 4.94. The molecule has 4 aromatic carbocycles. The standard InChI is InChI=1S/C33H37N4O4/c1-40-31-18-16-27(21-32(31)41-2)25-12-14-26(15-13-25)33(39)36-30(17-11-23-7-4-3-5-8-23)28(22-38)19-24-9-6-10-29(20-24)37(34)35/h3-10,12-16,18,20-21,28,30,34,38H,11,17,19,22,35H2,1-2H3,(H,36,39)/q-1. The third-order valence-corrected chi connectivity index (χ3v) is 7.26. The minimum atomic E-state index is -0.285. The Labute approximate surface area is 241 Å². The Kier molecular flexibility index (Phi) is 10.3. The van der Waals surface area contributed by atoms with Crippen LogP contribution in [0, 0.1) is 5.92 Å². The van der Waals surface area contributed by atoms with E-state index in [0.29, 0.717) is 35.6 Å². The Bertz CT molecular complexity index is 1410. The van der Waals surface area contributed by atoms with E-state index in [0.717, 1.165) is 33.8 Å². The molecule has 0 saturated carbocycles. The van der Waals surface area contributed by atoms with Gasteiger partial charge < -0.3 is 30.9 Å². The largest absolute Gasteiger partial charge is 0.567 e. The fraction of sp³-hybridized carbons (Fsp3) is 0.242. The second-order valence-corrected chi connectivity index (χ2v) is 9.94. The predicted molar refractivity (Wildman–Crippen MR) is 163 cm³/mol. The number of rotatable bonds is 13. The molecular weight excluding hydrogens is 516 g/mol. The minimum absolute atomic E-state index is 0.102. The Morgan fingerprint density at radius 2 is 1.56 bits per heavy atom. The zero-order chi connectivity index (χ0) is 29.2. The lowest BCUT2D eigenvalue weighted by Gasteiger charge is -2.28. The van der Waals surface area contributed by atoms with Crippen molar-refractivity contribution in [2.75, 3.05) is 25.9 Å². The highest BCUT2D eigenvalue weighted by Crippen LogP contribution is 2.32. The molecule has 2 unspecified atom stereocenters. The zero-order valence-corrected chi connectivity index (χ0v) is 23.4. The number of nitrogens with two attached hydrogens (primary N) is 1. The van der Waals surface area contributed by atoms with Crippen LogP contribution in [0.1, 0.15) is 27.9 Å². The molecule has 0 spiro atoms. The van der Waals surface area contributed by atoms with Crippen LogP contribution in [0.2, 0.25) is 0 Å². The van der Waals surface area contributed by atoms with Gasteiger partial charge in [0.1, 0.15) is 0 Å². The van der Waals surface area contributed by atoms with Crippen LogP contribution in [0.15, 0.2) is 97.1 Å². The normalized spacial score (nSPS) is 12.3. The van der Waals surface area contributed by atoms with Crippen molar-refractivity contribution in [2.24, 2.45) is 11.8 Å². The van der Waals surface area contributed by atoms with Gasteiger partial charge in [-0.2, -0.15) is 0 Å². The number of amides is 1. The number of aliphatic hydroxyl groups is 1. The van der Waals surface area contributed by atoms with Crippen molar-refractivity contribution in [3.05, 3.63) is 120 Å². The summed E-state index contributed by atoms with van der Waals surface area (Å²) in [6, 6.07) is 30.3. The molecule has 8 heteroatoms. The summed E-state index contributed by atoms with van der Waals surface area (Å²) in [5, 5.41) is 14.4. The molecule has 0 bridgehead atoms. The molecular formula is C33H37N4O4-. The molecule has 0 radical (unpaired) electrons. The van der Waals surface area contributed by atoms with E-state index in [-0.39, 0.29) is 24.5 Å². The van der Waals surface area contributed by atoms with E-state index in [4.69, 9.17) is 21.2 Å². The third-order valence-electron chi connectivity index (χ3n) is 7.26. The summed E-state index contributed by atoms with van der Waals surface area (Å²) < 4.78 is 10.8. The highest BCUT2D eigenvalue weighted by atomic mass is 16.5. The molecule has 214 valence electrons. The second kappa shape index (κ2) is 14.3. The number of carbonyl (C=O) groups is 1. The van der Waals surface area contributed by atoms with Gasteiger partial charge in [-0.05, 0) is 77.9 Å². The summed E-state index contributed by atoms with van der Waals surface area (Å²) in [4.78, 5) is 13.4. The minimum Gasteiger partial charge on any atom is -0.567 e. The van der Waals surface area contributed by atoms with Gasteiger partial charge >= 0.3 is 0 Å². The van der Waals surface area contributed by atoms with E-state index >= 15 is 0 Å². The molecule has 2 atom stereocenters. The molecule has 41 heavy (non-hydrogen) atoms. The Morgan fingerprint density at radius 1 is 0.878 bits per heavy atom. The number of hydrogen-bond acceptors (Lipinski definition) is 6. The van der Waals surface area contributed by atoms with E-state index in [1.165, 1.54) is 0 Å². The number of carbonyl (C=O) groups excluding carboxylic acids is 1. The number of aliphatic hydroxyl groups excluding tert-OH is 1. The van der Waals surface area contributed by atoms with E-state index < -0.39 is 0 Å². The summed E-state index contributed by atoms with van der Waals surface area (Å²) in [6.45, 7) is -0.102. The van der Waals surface area contributed by atoms with Crippen molar-refractivity contribution in [1.82, 2.24) is 5.32 Å². The number of methoxy groups -OCH3 is 2. The molecule has 5 N–H and O–H groups in total. The van der Waals surface area contributed by atoms with Crippen LogP contribution in [-0.2, 0) is 12.8 Å². The Morgan fingerprint density at radius 3 is 2.22 bits per heavy atom. The number of nitrogens with zero attached hydrogens (tertiary/aromatic N) is 1. The third kappa shape index (κ3) is 7.85. The van der Waals surface area contributed by atoms with Crippen LogP contribution in [0.4, 0.5) is 5.69 Å². The molecule has 0 aliphatic rings. The summed E-state index contributed by atoms with van der Waals surface area (Å²) in [5.74, 6) is 14.1. The summed E-state index contributed by atoms with van der Waals surface area (Å²) in [5.41, 5.74) is 5.07. The average molecular weight is 554 g/mol. The molecule has 4 rings (SSSR count). The lowest BCUT2D eigenvalue weighted by Crippen LogP contribution is -2.43. The van der Waals surface area contributed by atoms with Crippen LogP contribution >= 0.6 is 0 Å². The van der Waals surface area contributed by atoms with Gasteiger partial charge in [0, 0.05) is 29.8 Å². The lowest BCUT2D eigenvalue weighted by atomic mass is 9.88. The number of anilines is 1. The van der Waals surface area contributed by atoms with E-state index in [1.807, 2.05) is 66.7 Å². The van der Waals surface area contributed by atoms with Gasteiger partial charge in [0.05, 0.1) is 14.2 Å². The molecule has 0 aliphatic carbocycles. The van der Waals surface area contributed by atoms with Crippen LogP contribution in [-0.4, -0.2) is 37.9 Å². The first-order valence-corrected chi connectivity index (χ1v) is 13.5. The highest BCUT2D eigenvalue weighted by Gasteiger charge is 2.24. The van der Waals surface area contributed by atoms with E-state index in [9.17, 15) is 9.90 Å². The SMILES string of the molecule is COc1ccc(-c2ccc(C(=O)NC(CCc3ccccc3)C(CO)Cc3cccc(N([NH-])N)c3)cc2)cc1OC. The molecule has 1 amide bonds. The van der Waals surface area contributed by atoms with Gasteiger partial charge in [0.25, 0.3) is 5.91 Å². The number of ether oxygens (including phenoxy) is 2. The first-order valence-electron chi connectivity index (χ1n) is 13.5. The van der Waals surface area contributed by atoms with Gasteiger partial charge in [-0.25, -0.2) is 0 Å². The first-order chi connectivity index (χ1) is 19.9. The van der Waals surface area contributed by atoms with Gasteiger partial charge in [-0.3, -0.25) is 10.6 Å². The second-order valence-electron chi connectivity index (χ2n) is 9.94. The molecule has 0 aliphatic heterocycles. The monoisotopic (exact) mass is 553 g/mol. The molecule has 0 aromatic heterocycles. The van der Waals surface area contributed by atoms with Gasteiger partial charge in [-0.15, -0.1) is 0 Å². The van der Waals surface area contributed by atoms with Crippen molar-refractivity contribution in [3.8, 4) is 22.6 Å². The Hall–Kier alpha value is -4.37. The van der Waals surface area contributed by atoms with Crippen LogP contribution in [0.25, 0.3) is 17.0 Å². The fourth-order valence-corrected chi connectivity index (χ4v) is 4.94. The predicted octanol–water partition coefficient (Wildman–Crippen LogP) is 5.60. The molecule has 0 fully saturated rings. The average Bonchev–Trinajstić information content (AvgIpc) is 3.02. The Balaban J connectivity index is 1.52. The van der Waals surface area contributed by atoms with Crippen LogP contribution in [0.3, 0.4) is 0 Å². The van der Waals surface area contributed by atoms with Crippen LogP contribution < -0.4 is 25.8 Å². The highest BCUT2D eigenvalue weighted by molar-refractivity contribution is 5.95. The quantitative estimate of drug-likeness (QED) is 0.146. The van der Waals surface area contributed by atoms with Crippen molar-refractivity contribution in [1.29, 1.82) is 0 Å². The number of hydrogen-bond donors (Lipinski definition) is 3. The summed E-state index contributed by atoms with van der Waals surface area (Å²) in [6.07, 6.45) is 1.94. The van der Waals surface area contributed by atoms with E-state index in [1.54, 1.807) is 32.4 Å². The number of hydrazine groups is 1. The van der Waals surface area contributed by atoms with Gasteiger partial charge in [0.2, 0.25) is 0 Å². The van der Waals surface area contributed by atoms with Crippen LogP contribution in [0.5, 0.6) is 11.5 Å². The topological polar surface area (TPSA) is 121 Å². The van der Waals surface area contributed by atoms with Gasteiger partial charge in [-0.1, -0.05) is 60.7 Å². The first kappa shape index (κ1) is 29.6. The smallest absolute Gasteiger partial charge is 0.251 e. The van der Waals surface area contributed by atoms with Crippen molar-refractivity contribution in [3.63, 3.8) is 0 Å². The maximum atomic E-state index is 13.4. The molecule has 4 aromatic rings. The van der Waals surface area contributed by atoms with E-state index in [2.05, 4.69) is 17.4 Å². The van der Waals surface area contributed by atoms with Crippen molar-refractivity contribution < 1.29 is 19.4 Å². The van der Waals surface area contributed by atoms with Crippen molar-refractivity contribution >= 4 is 11.6 Å². The number of nitrogens with one attached hydrogen (secondary N) is 2. The molecule has 0 saturated heterocycles. The van der Waals surface area contributed by atoms with Gasteiger partial charge in [0.15, 0.2) is 11.5 Å². The maximum absolute atomic E-state index is 13.4. The summed E-state index contributed by atoms with van der Waals surface area (Å²) >= 11 is 0. The molecule has 0 heterocycles. The maximum Gasteiger partial charge on any atom is 0.251 e. The molecule has 8 nitrogen and oxygen atoms in total.